The second-order valence-electron chi connectivity index (χ2n) is 9.56. The molecule has 1 aromatic heterocycles. The van der Waals surface area contributed by atoms with E-state index < -0.39 is 0 Å². The van der Waals surface area contributed by atoms with Gasteiger partial charge in [-0.25, -0.2) is 0 Å². The van der Waals surface area contributed by atoms with Crippen LogP contribution < -0.4 is 0 Å². The number of hydrogen-bond donors (Lipinski definition) is 1. The lowest BCUT2D eigenvalue weighted by Crippen LogP contribution is -2.30. The first-order chi connectivity index (χ1) is 13.6. The zero-order valence-corrected chi connectivity index (χ0v) is 18.5. The molecule has 4 nitrogen and oxygen atoms in total. The molecule has 0 fully saturated rings. The lowest BCUT2D eigenvalue weighted by atomic mass is 9.71. The summed E-state index contributed by atoms with van der Waals surface area (Å²) in [5, 5.41) is 14.2. The van der Waals surface area contributed by atoms with Crippen LogP contribution in [0, 0.1) is 12.8 Å². The molecule has 2 aromatic carbocycles. The van der Waals surface area contributed by atoms with Crippen molar-refractivity contribution >= 4 is 11.6 Å². The smallest absolute Gasteiger partial charge is 0.177 e. The molecule has 0 radical (unpaired) electrons. The molecule has 29 heavy (non-hydrogen) atoms. The third kappa shape index (κ3) is 3.11. The lowest BCUT2D eigenvalue weighted by Gasteiger charge is -2.32. The summed E-state index contributed by atoms with van der Waals surface area (Å²) in [7, 11) is 0. The van der Waals surface area contributed by atoms with Crippen molar-refractivity contribution in [3.05, 3.63) is 64.2 Å². The van der Waals surface area contributed by atoms with Crippen LogP contribution in [0.1, 0.15) is 69.4 Å². The number of benzene rings is 2. The third-order valence-corrected chi connectivity index (χ3v) is 7.24. The van der Waals surface area contributed by atoms with Gasteiger partial charge in [0.15, 0.2) is 0 Å². The van der Waals surface area contributed by atoms with Crippen molar-refractivity contribution in [3.63, 3.8) is 0 Å². The van der Waals surface area contributed by atoms with Crippen LogP contribution in [-0.2, 0) is 10.8 Å². The van der Waals surface area contributed by atoms with Gasteiger partial charge in [0.1, 0.15) is 0 Å². The number of hydrogen-bond acceptors (Lipinski definition) is 3. The maximum atomic E-state index is 4.04. The van der Waals surface area contributed by atoms with Gasteiger partial charge in [0.2, 0.25) is 5.82 Å². The van der Waals surface area contributed by atoms with Crippen LogP contribution in [0.5, 0.6) is 0 Å². The highest BCUT2D eigenvalue weighted by Gasteiger charge is 2.48. The molecule has 4 heteroatoms. The van der Waals surface area contributed by atoms with Gasteiger partial charge in [-0.3, -0.25) is 0 Å². The van der Waals surface area contributed by atoms with Crippen molar-refractivity contribution in [2.45, 2.75) is 59.3 Å². The third-order valence-electron chi connectivity index (χ3n) is 7.24. The summed E-state index contributed by atoms with van der Waals surface area (Å²) in [4.78, 5) is 0. The molecule has 0 saturated carbocycles. The van der Waals surface area contributed by atoms with E-state index in [9.17, 15) is 0 Å². The number of allylic oxidation sites excluding steroid dienone is 1. The van der Waals surface area contributed by atoms with Crippen molar-refractivity contribution in [1.82, 2.24) is 20.6 Å². The van der Waals surface area contributed by atoms with E-state index in [4.69, 9.17) is 0 Å². The molecule has 1 aliphatic carbocycles. The Kier molecular flexibility index (Phi) is 4.49. The number of fused-ring (bicyclic) bond motifs is 1. The van der Waals surface area contributed by atoms with E-state index in [1.807, 2.05) is 12.1 Å². The van der Waals surface area contributed by atoms with Crippen LogP contribution in [0.25, 0.3) is 23.0 Å². The quantitative estimate of drug-likeness (QED) is 0.567. The number of rotatable bonds is 3. The Hall–Kier alpha value is -2.75. The van der Waals surface area contributed by atoms with E-state index >= 15 is 0 Å². The second-order valence-corrected chi connectivity index (χ2v) is 9.56. The molecule has 0 aliphatic heterocycles. The fourth-order valence-corrected chi connectivity index (χ4v) is 4.91. The summed E-state index contributed by atoms with van der Waals surface area (Å²) in [5.41, 5.74) is 9.47. The summed E-state index contributed by atoms with van der Waals surface area (Å²) in [6, 6.07) is 13.1. The molecular weight excluding hydrogens is 356 g/mol. The average molecular weight is 387 g/mol. The monoisotopic (exact) mass is 386 g/mol. The second kappa shape index (κ2) is 6.65. The molecule has 150 valence electrons. The molecule has 0 saturated heterocycles. The highest BCUT2D eigenvalue weighted by molar-refractivity contribution is 5.82. The van der Waals surface area contributed by atoms with E-state index in [1.165, 1.54) is 33.4 Å². The number of tetrazole rings is 1. The Morgan fingerprint density at radius 2 is 1.62 bits per heavy atom. The summed E-state index contributed by atoms with van der Waals surface area (Å²) in [6.07, 6.45) is 2.26. The lowest BCUT2D eigenvalue weighted by molar-refractivity contribution is 0.264. The molecule has 1 atom stereocenters. The number of aromatic amines is 1. The fourth-order valence-electron chi connectivity index (χ4n) is 4.91. The normalized spacial score (nSPS) is 20.0. The molecule has 0 spiro atoms. The number of aryl methyl sites for hydroxylation is 1. The minimum Gasteiger partial charge on any atom is -0.177 e. The van der Waals surface area contributed by atoms with Crippen LogP contribution in [0.3, 0.4) is 0 Å². The van der Waals surface area contributed by atoms with Crippen molar-refractivity contribution in [2.75, 3.05) is 0 Å². The van der Waals surface area contributed by atoms with Gasteiger partial charge in [-0.15, -0.1) is 10.2 Å². The first-order valence-electron chi connectivity index (χ1n) is 10.3. The highest BCUT2D eigenvalue weighted by atomic mass is 15.5. The van der Waals surface area contributed by atoms with Gasteiger partial charge in [0.05, 0.1) is 0 Å². The molecular formula is C25H30N4. The van der Waals surface area contributed by atoms with Crippen molar-refractivity contribution in [1.29, 1.82) is 0 Å². The van der Waals surface area contributed by atoms with Crippen molar-refractivity contribution < 1.29 is 0 Å². The molecule has 1 N–H and O–H groups in total. The highest BCUT2D eigenvalue weighted by Crippen LogP contribution is 2.54. The van der Waals surface area contributed by atoms with Crippen LogP contribution >= 0.6 is 0 Å². The van der Waals surface area contributed by atoms with E-state index in [-0.39, 0.29) is 10.8 Å². The Morgan fingerprint density at radius 3 is 2.21 bits per heavy atom. The predicted molar refractivity (Wildman–Crippen MR) is 120 cm³/mol. The van der Waals surface area contributed by atoms with E-state index in [0.29, 0.717) is 11.7 Å². The van der Waals surface area contributed by atoms with Crippen LogP contribution in [0.15, 0.2) is 36.4 Å². The van der Waals surface area contributed by atoms with Gasteiger partial charge in [-0.05, 0) is 69.2 Å². The van der Waals surface area contributed by atoms with Crippen LogP contribution in [-0.4, -0.2) is 20.6 Å². The Labute approximate surface area is 173 Å². The van der Waals surface area contributed by atoms with Gasteiger partial charge < -0.3 is 0 Å². The summed E-state index contributed by atoms with van der Waals surface area (Å²) < 4.78 is 0. The van der Waals surface area contributed by atoms with Gasteiger partial charge in [-0.2, -0.15) is 5.21 Å². The minimum atomic E-state index is 0.174. The number of H-pyrrole nitrogens is 1. The van der Waals surface area contributed by atoms with Gasteiger partial charge in [-0.1, -0.05) is 77.1 Å². The zero-order valence-electron chi connectivity index (χ0n) is 18.5. The maximum absolute atomic E-state index is 4.04. The molecule has 1 aliphatic rings. The fraction of sp³-hybridized carbons (Fsp3) is 0.400. The van der Waals surface area contributed by atoms with Gasteiger partial charge in [0, 0.05) is 5.56 Å². The summed E-state index contributed by atoms with van der Waals surface area (Å²) >= 11 is 0. The molecule has 1 heterocycles. The topological polar surface area (TPSA) is 54.5 Å². The summed E-state index contributed by atoms with van der Waals surface area (Å²) in [5.74, 6) is 1.22. The zero-order chi connectivity index (χ0) is 21.0. The standard InChI is InChI=1S/C25H30N4/c1-15(12-18-8-10-19(11-9-18)23-26-28-29-27-23)20-14-22-21(13-16(20)2)24(4,5)17(3)25(22,6)7/h8-14,17H,1-7H3,(H,26,27,28,29). The van der Waals surface area contributed by atoms with E-state index in [1.54, 1.807) is 0 Å². The van der Waals surface area contributed by atoms with Gasteiger partial charge in [0.25, 0.3) is 0 Å². The molecule has 0 bridgehead atoms. The Bertz CT molecular complexity index is 1070. The van der Waals surface area contributed by atoms with Crippen molar-refractivity contribution in [2.24, 2.45) is 5.92 Å². The van der Waals surface area contributed by atoms with E-state index in [0.717, 1.165) is 5.56 Å². The van der Waals surface area contributed by atoms with Gasteiger partial charge >= 0.3 is 0 Å². The predicted octanol–water partition coefficient (Wildman–Crippen LogP) is 5.94. The average Bonchev–Trinajstić information content (AvgIpc) is 3.25. The number of nitrogens with zero attached hydrogens (tertiary/aromatic N) is 3. The minimum absolute atomic E-state index is 0.174. The van der Waals surface area contributed by atoms with Crippen LogP contribution in [0.4, 0.5) is 0 Å². The maximum Gasteiger partial charge on any atom is 0.204 e. The van der Waals surface area contributed by atoms with E-state index in [2.05, 4.69) is 99.4 Å². The molecule has 0 amide bonds. The molecule has 3 aromatic rings. The first-order valence-corrected chi connectivity index (χ1v) is 10.3. The number of nitrogens with one attached hydrogen (secondary N) is 1. The number of aromatic nitrogens is 4. The Morgan fingerprint density at radius 1 is 1.00 bits per heavy atom. The SMILES string of the molecule is CC(=Cc1ccc(-c2nn[nH]n2)cc1)c1cc2c(cc1C)C(C)(C)C(C)C2(C)C. The Balaban J connectivity index is 1.71. The molecule has 1 unspecified atom stereocenters. The van der Waals surface area contributed by atoms with Crippen LogP contribution in [0.2, 0.25) is 0 Å². The van der Waals surface area contributed by atoms with Crippen molar-refractivity contribution in [3.8, 4) is 11.4 Å². The first kappa shape index (κ1) is 19.6. The summed E-state index contributed by atoms with van der Waals surface area (Å²) in [6.45, 7) is 16.4. The largest absolute Gasteiger partial charge is 0.204 e. The molecule has 4 rings (SSSR count).